The number of halogens is 1. The lowest BCUT2D eigenvalue weighted by Crippen LogP contribution is -2.47. The molecule has 31 heavy (non-hydrogen) atoms. The summed E-state index contributed by atoms with van der Waals surface area (Å²) in [6.45, 7) is 4.39. The average molecular weight is 424 g/mol. The number of β-amino-alcohol motifs (C(OH)–C–C–N with tert-alkyl or cyclic N) is 1. The number of carbonyl (C=O) groups is 1. The smallest absolute Gasteiger partial charge is 0.277 e. The molecule has 2 heterocycles. The lowest BCUT2D eigenvalue weighted by Gasteiger charge is -2.35. The molecule has 0 saturated carbocycles. The third-order valence-corrected chi connectivity index (χ3v) is 5.31. The number of piperazine rings is 1. The maximum absolute atomic E-state index is 13.3. The van der Waals surface area contributed by atoms with E-state index in [4.69, 9.17) is 4.42 Å². The van der Waals surface area contributed by atoms with Crippen LogP contribution in [0.3, 0.4) is 0 Å². The maximum Gasteiger partial charge on any atom is 0.277 e. The van der Waals surface area contributed by atoms with Crippen LogP contribution >= 0.6 is 0 Å². The van der Waals surface area contributed by atoms with E-state index in [0.717, 1.165) is 31.7 Å². The van der Waals surface area contributed by atoms with Crippen molar-refractivity contribution in [3.63, 3.8) is 0 Å². The van der Waals surface area contributed by atoms with Gasteiger partial charge in [-0.15, -0.1) is 0 Å². The minimum Gasteiger partial charge on any atom is -0.447 e. The van der Waals surface area contributed by atoms with Crippen molar-refractivity contribution in [2.45, 2.75) is 12.6 Å². The van der Waals surface area contributed by atoms with Crippen LogP contribution < -0.4 is 5.32 Å². The van der Waals surface area contributed by atoms with Gasteiger partial charge < -0.3 is 14.8 Å². The number of nitrogens with one attached hydrogen (secondary N) is 1. The number of nitrogens with zero attached hydrogens (tertiary/aromatic N) is 3. The van der Waals surface area contributed by atoms with Gasteiger partial charge in [0.15, 0.2) is 5.69 Å². The summed E-state index contributed by atoms with van der Waals surface area (Å²) < 4.78 is 18.7. The number of hydrogen-bond acceptors (Lipinski definition) is 6. The molecule has 1 aromatic heterocycles. The molecule has 4 rings (SSSR count). The Morgan fingerprint density at radius 3 is 2.58 bits per heavy atom. The van der Waals surface area contributed by atoms with Gasteiger partial charge in [-0.3, -0.25) is 14.6 Å². The summed E-state index contributed by atoms with van der Waals surface area (Å²) in [7, 11) is 0. The van der Waals surface area contributed by atoms with E-state index in [2.05, 4.69) is 20.1 Å². The Balaban J connectivity index is 1.25. The second-order valence-corrected chi connectivity index (χ2v) is 7.59. The van der Waals surface area contributed by atoms with Crippen LogP contribution in [0.1, 0.15) is 28.0 Å². The molecule has 2 aromatic carbocycles. The summed E-state index contributed by atoms with van der Waals surface area (Å²) >= 11 is 0. The van der Waals surface area contributed by atoms with E-state index in [1.807, 2.05) is 30.3 Å². The molecule has 1 amide bonds. The van der Waals surface area contributed by atoms with E-state index < -0.39 is 17.8 Å². The molecular formula is C23H25FN4O3. The van der Waals surface area contributed by atoms with Crippen LogP contribution in [0.15, 0.2) is 65.3 Å². The molecular weight excluding hydrogens is 399 g/mol. The third-order valence-electron chi connectivity index (χ3n) is 5.31. The van der Waals surface area contributed by atoms with Crippen LogP contribution in [0, 0.1) is 5.82 Å². The Bertz CT molecular complexity index is 1000. The van der Waals surface area contributed by atoms with Gasteiger partial charge >= 0.3 is 0 Å². The van der Waals surface area contributed by atoms with Gasteiger partial charge in [0.2, 0.25) is 5.89 Å². The Morgan fingerprint density at radius 2 is 1.84 bits per heavy atom. The van der Waals surface area contributed by atoms with Crippen LogP contribution in [0.5, 0.6) is 0 Å². The lowest BCUT2D eigenvalue weighted by atomic mass is 10.1. The molecule has 1 unspecified atom stereocenters. The van der Waals surface area contributed by atoms with Gasteiger partial charge in [0.05, 0.1) is 12.6 Å². The number of aliphatic hydroxyl groups is 1. The standard InChI is InChI=1S/C23H25FN4O3/c24-18-7-4-8-19(13-18)25-23(30)20-16-31-22(26-20)15-28-11-9-27(10-12-28)14-21(29)17-5-2-1-3-6-17/h1-8,13,16,21,29H,9-12,14-15H2,(H,25,30). The van der Waals surface area contributed by atoms with Gasteiger partial charge in [-0.2, -0.15) is 0 Å². The van der Waals surface area contributed by atoms with E-state index in [0.29, 0.717) is 24.7 Å². The van der Waals surface area contributed by atoms with Gasteiger partial charge in [0.25, 0.3) is 5.91 Å². The first-order valence-corrected chi connectivity index (χ1v) is 10.3. The lowest BCUT2D eigenvalue weighted by molar-refractivity contribution is 0.0671. The van der Waals surface area contributed by atoms with Crippen molar-refractivity contribution >= 4 is 11.6 Å². The zero-order valence-corrected chi connectivity index (χ0v) is 17.1. The minimum absolute atomic E-state index is 0.156. The molecule has 0 bridgehead atoms. The first-order valence-electron chi connectivity index (χ1n) is 10.3. The Hall–Kier alpha value is -3.07. The molecule has 0 radical (unpaired) electrons. The topological polar surface area (TPSA) is 81.8 Å². The zero-order chi connectivity index (χ0) is 21.6. The Labute approximate surface area is 180 Å². The molecule has 162 valence electrons. The fourth-order valence-electron chi connectivity index (χ4n) is 3.60. The maximum atomic E-state index is 13.3. The number of oxazole rings is 1. The molecule has 8 heteroatoms. The van der Waals surface area contributed by atoms with E-state index in [1.54, 1.807) is 6.07 Å². The summed E-state index contributed by atoms with van der Waals surface area (Å²) in [5, 5.41) is 13.0. The molecule has 3 aromatic rings. The van der Waals surface area contributed by atoms with Gasteiger partial charge in [-0.1, -0.05) is 36.4 Å². The fourth-order valence-corrected chi connectivity index (χ4v) is 3.60. The van der Waals surface area contributed by atoms with E-state index in [9.17, 15) is 14.3 Å². The number of rotatable bonds is 7. The molecule has 0 aliphatic carbocycles. The van der Waals surface area contributed by atoms with Crippen LogP contribution in [0.25, 0.3) is 0 Å². The number of aromatic nitrogens is 1. The number of hydrogen-bond donors (Lipinski definition) is 2. The molecule has 7 nitrogen and oxygen atoms in total. The quantitative estimate of drug-likeness (QED) is 0.607. The summed E-state index contributed by atoms with van der Waals surface area (Å²) in [6.07, 6.45) is 0.815. The summed E-state index contributed by atoms with van der Waals surface area (Å²) in [6, 6.07) is 15.4. The monoisotopic (exact) mass is 424 g/mol. The van der Waals surface area contributed by atoms with E-state index >= 15 is 0 Å². The first kappa shape index (κ1) is 21.2. The van der Waals surface area contributed by atoms with Crippen molar-refractivity contribution in [3.8, 4) is 0 Å². The fraction of sp³-hybridized carbons (Fsp3) is 0.304. The van der Waals surface area contributed by atoms with E-state index in [1.165, 1.54) is 24.5 Å². The van der Waals surface area contributed by atoms with Crippen molar-refractivity contribution in [3.05, 3.63) is 83.8 Å². The molecule has 1 aliphatic heterocycles. The Morgan fingerprint density at radius 1 is 1.10 bits per heavy atom. The van der Waals surface area contributed by atoms with Crippen molar-refractivity contribution in [2.24, 2.45) is 0 Å². The zero-order valence-electron chi connectivity index (χ0n) is 17.1. The Kier molecular flexibility index (Phi) is 6.71. The molecule has 1 aliphatic rings. The largest absolute Gasteiger partial charge is 0.447 e. The molecule has 1 saturated heterocycles. The van der Waals surface area contributed by atoms with Gasteiger partial charge in [0.1, 0.15) is 12.1 Å². The second kappa shape index (κ2) is 9.82. The van der Waals surface area contributed by atoms with Crippen LogP contribution in [-0.2, 0) is 6.54 Å². The van der Waals surface area contributed by atoms with Crippen molar-refractivity contribution in [1.29, 1.82) is 0 Å². The normalized spacial score (nSPS) is 16.2. The third kappa shape index (κ3) is 5.75. The predicted molar refractivity (Wildman–Crippen MR) is 114 cm³/mol. The van der Waals surface area contributed by atoms with E-state index in [-0.39, 0.29) is 5.69 Å². The summed E-state index contributed by atoms with van der Waals surface area (Å²) in [4.78, 5) is 21.0. The molecule has 1 atom stereocenters. The van der Waals surface area contributed by atoms with Gasteiger partial charge in [-0.05, 0) is 23.8 Å². The number of amides is 1. The van der Waals surface area contributed by atoms with Crippen LogP contribution in [0.4, 0.5) is 10.1 Å². The summed E-state index contributed by atoms with van der Waals surface area (Å²) in [5.74, 6) is -0.406. The minimum atomic E-state index is -0.501. The van der Waals surface area contributed by atoms with Crippen molar-refractivity contribution in [1.82, 2.24) is 14.8 Å². The average Bonchev–Trinajstić information content (AvgIpc) is 3.24. The highest BCUT2D eigenvalue weighted by molar-refractivity contribution is 6.02. The first-order chi connectivity index (χ1) is 15.1. The predicted octanol–water partition coefficient (Wildman–Crippen LogP) is 2.92. The van der Waals surface area contributed by atoms with Gasteiger partial charge in [0, 0.05) is 38.4 Å². The highest BCUT2D eigenvalue weighted by atomic mass is 19.1. The number of benzene rings is 2. The molecule has 1 fully saturated rings. The van der Waals surface area contributed by atoms with Gasteiger partial charge in [-0.25, -0.2) is 9.37 Å². The highest BCUT2D eigenvalue weighted by Crippen LogP contribution is 2.16. The number of carbonyl (C=O) groups excluding carboxylic acids is 1. The second-order valence-electron chi connectivity index (χ2n) is 7.59. The van der Waals surface area contributed by atoms with Crippen molar-refractivity contribution in [2.75, 3.05) is 38.0 Å². The van der Waals surface area contributed by atoms with Crippen molar-refractivity contribution < 1.29 is 18.7 Å². The van der Waals surface area contributed by atoms with Crippen LogP contribution in [-0.4, -0.2) is 58.5 Å². The SMILES string of the molecule is O=C(Nc1cccc(F)c1)c1coc(CN2CCN(CC(O)c3ccccc3)CC2)n1. The summed E-state index contributed by atoms with van der Waals surface area (Å²) in [5.41, 5.74) is 1.45. The molecule has 0 spiro atoms. The number of anilines is 1. The van der Waals surface area contributed by atoms with Crippen LogP contribution in [0.2, 0.25) is 0 Å². The molecule has 2 N–H and O–H groups in total. The highest BCUT2D eigenvalue weighted by Gasteiger charge is 2.22. The number of aliphatic hydroxyl groups excluding tert-OH is 1.